The molecule has 1 heterocycles. The van der Waals surface area contributed by atoms with Gasteiger partial charge in [0, 0.05) is 11.6 Å². The van der Waals surface area contributed by atoms with Gasteiger partial charge in [-0.3, -0.25) is 4.79 Å². The fourth-order valence-electron chi connectivity index (χ4n) is 3.24. The molecule has 0 spiro atoms. The largest absolute Gasteiger partial charge is 0.390 e. The molecule has 138 valence electrons. The third-order valence-electron chi connectivity index (χ3n) is 4.52. The van der Waals surface area contributed by atoms with Gasteiger partial charge in [0.1, 0.15) is 6.54 Å². The summed E-state index contributed by atoms with van der Waals surface area (Å²) in [6.07, 6.45) is 1.03. The Labute approximate surface area is 152 Å². The number of rotatable bonds is 5. The highest BCUT2D eigenvalue weighted by Gasteiger charge is 2.39. The molecule has 0 unspecified atom stereocenters. The number of aliphatic hydroxyl groups is 1. The predicted octanol–water partition coefficient (Wildman–Crippen LogP) is 1.46. The second kappa shape index (κ2) is 6.99. The summed E-state index contributed by atoms with van der Waals surface area (Å²) in [6, 6.07) is 9.37. The van der Waals surface area contributed by atoms with E-state index in [9.17, 15) is 14.7 Å². The molecule has 2 aromatic rings. The monoisotopic (exact) mass is 356 g/mol. The minimum atomic E-state index is -0.712. The van der Waals surface area contributed by atoms with Gasteiger partial charge in [-0.15, -0.1) is 0 Å². The van der Waals surface area contributed by atoms with E-state index in [-0.39, 0.29) is 24.4 Å². The lowest BCUT2D eigenvalue weighted by Gasteiger charge is -2.41. The zero-order chi connectivity index (χ0) is 18.9. The molecule has 7 nitrogen and oxygen atoms in total. The van der Waals surface area contributed by atoms with Crippen LogP contribution in [0, 0.1) is 0 Å². The Kier molecular flexibility index (Phi) is 4.91. The van der Waals surface area contributed by atoms with E-state index in [1.807, 2.05) is 44.2 Å². The molecule has 1 fully saturated rings. The number of hydrogen-bond donors (Lipinski definition) is 2. The summed E-state index contributed by atoms with van der Waals surface area (Å²) in [7, 11) is 0. The number of nitrogens with zero attached hydrogens (tertiary/aromatic N) is 3. The van der Waals surface area contributed by atoms with E-state index < -0.39 is 11.3 Å². The van der Waals surface area contributed by atoms with Crippen LogP contribution in [0.3, 0.4) is 0 Å². The smallest absolute Gasteiger partial charge is 0.365 e. The summed E-state index contributed by atoms with van der Waals surface area (Å²) in [6.45, 7) is 5.51. The first-order valence-electron chi connectivity index (χ1n) is 8.81. The number of aromatic nitrogens is 3. The Morgan fingerprint density at radius 1 is 1.35 bits per heavy atom. The van der Waals surface area contributed by atoms with Gasteiger partial charge in [-0.2, -0.15) is 10.1 Å². The summed E-state index contributed by atoms with van der Waals surface area (Å²) >= 11 is 0. The molecule has 3 rings (SSSR count). The van der Waals surface area contributed by atoms with Gasteiger partial charge < -0.3 is 10.4 Å². The fourth-order valence-corrected chi connectivity index (χ4v) is 3.24. The Morgan fingerprint density at radius 3 is 2.58 bits per heavy atom. The SMILES string of the molecule is CC(C)c1nn(CC(=O)N[C@H]2C[C@@](C)(O)C2)c(=O)nc1-c1ccccc1. The predicted molar refractivity (Wildman–Crippen MR) is 97.6 cm³/mol. The summed E-state index contributed by atoms with van der Waals surface area (Å²) in [5.74, 6) is -0.251. The van der Waals surface area contributed by atoms with Gasteiger partial charge >= 0.3 is 5.69 Å². The van der Waals surface area contributed by atoms with Crippen molar-refractivity contribution in [2.75, 3.05) is 0 Å². The minimum Gasteiger partial charge on any atom is -0.390 e. The molecule has 0 radical (unpaired) electrons. The maximum atomic E-state index is 12.4. The lowest BCUT2D eigenvalue weighted by atomic mass is 9.77. The van der Waals surface area contributed by atoms with E-state index >= 15 is 0 Å². The maximum Gasteiger partial charge on any atom is 0.365 e. The van der Waals surface area contributed by atoms with Gasteiger partial charge in [-0.1, -0.05) is 44.2 Å². The number of carbonyl (C=O) groups is 1. The van der Waals surface area contributed by atoms with Crippen LogP contribution < -0.4 is 11.0 Å². The molecule has 0 saturated heterocycles. The van der Waals surface area contributed by atoms with E-state index in [0.29, 0.717) is 24.2 Å². The number of nitrogens with one attached hydrogen (secondary N) is 1. The first-order chi connectivity index (χ1) is 12.2. The highest BCUT2D eigenvalue weighted by molar-refractivity contribution is 5.76. The zero-order valence-electron chi connectivity index (χ0n) is 15.3. The van der Waals surface area contributed by atoms with Crippen molar-refractivity contribution in [2.45, 2.75) is 57.7 Å². The average molecular weight is 356 g/mol. The van der Waals surface area contributed by atoms with Crippen LogP contribution in [0.25, 0.3) is 11.3 Å². The van der Waals surface area contributed by atoms with Gasteiger partial charge in [0.15, 0.2) is 0 Å². The van der Waals surface area contributed by atoms with Gasteiger partial charge in [-0.05, 0) is 25.7 Å². The molecule has 1 aromatic carbocycles. The third-order valence-corrected chi connectivity index (χ3v) is 4.52. The van der Waals surface area contributed by atoms with Crippen molar-refractivity contribution in [2.24, 2.45) is 0 Å². The van der Waals surface area contributed by atoms with Crippen molar-refractivity contribution in [1.82, 2.24) is 20.1 Å². The maximum absolute atomic E-state index is 12.4. The molecule has 1 saturated carbocycles. The van der Waals surface area contributed by atoms with Crippen LogP contribution >= 0.6 is 0 Å². The minimum absolute atomic E-state index is 0.0503. The Morgan fingerprint density at radius 2 is 2.00 bits per heavy atom. The third kappa shape index (κ3) is 3.99. The summed E-state index contributed by atoms with van der Waals surface area (Å²) in [4.78, 5) is 28.7. The highest BCUT2D eigenvalue weighted by atomic mass is 16.3. The molecule has 26 heavy (non-hydrogen) atoms. The van der Waals surface area contributed by atoms with Crippen LogP contribution in [0.2, 0.25) is 0 Å². The molecule has 1 aromatic heterocycles. The zero-order valence-corrected chi connectivity index (χ0v) is 15.3. The molecule has 1 aliphatic rings. The summed E-state index contributed by atoms with van der Waals surface area (Å²) in [5, 5.41) is 17.0. The Hall–Kier alpha value is -2.54. The normalized spacial score (nSPS) is 22.1. The van der Waals surface area contributed by atoms with Gasteiger partial charge in [0.25, 0.3) is 0 Å². The van der Waals surface area contributed by atoms with Crippen molar-refractivity contribution in [3.8, 4) is 11.3 Å². The first kappa shape index (κ1) is 18.3. The topological polar surface area (TPSA) is 97.1 Å². The van der Waals surface area contributed by atoms with Crippen molar-refractivity contribution < 1.29 is 9.90 Å². The molecule has 1 amide bonds. The second-order valence-electron chi connectivity index (χ2n) is 7.48. The van der Waals surface area contributed by atoms with Crippen molar-refractivity contribution >= 4 is 5.91 Å². The summed E-state index contributed by atoms with van der Waals surface area (Å²) < 4.78 is 1.11. The van der Waals surface area contributed by atoms with E-state index in [1.165, 1.54) is 0 Å². The lowest BCUT2D eigenvalue weighted by molar-refractivity contribution is -0.125. The molecular weight excluding hydrogens is 332 g/mol. The van der Waals surface area contributed by atoms with Crippen LogP contribution in [-0.2, 0) is 11.3 Å². The quantitative estimate of drug-likeness (QED) is 0.845. The van der Waals surface area contributed by atoms with E-state index in [4.69, 9.17) is 0 Å². The number of carbonyl (C=O) groups excluding carboxylic acids is 1. The molecule has 1 aliphatic carbocycles. The molecule has 7 heteroatoms. The first-order valence-corrected chi connectivity index (χ1v) is 8.81. The molecule has 0 bridgehead atoms. The number of amides is 1. The Balaban J connectivity index is 1.81. The van der Waals surface area contributed by atoms with E-state index in [0.717, 1.165) is 10.2 Å². The molecule has 2 N–H and O–H groups in total. The molecule has 0 aliphatic heterocycles. The fraction of sp³-hybridized carbons (Fsp3) is 0.474. The van der Waals surface area contributed by atoms with Crippen molar-refractivity contribution in [3.05, 3.63) is 46.5 Å². The average Bonchev–Trinajstić information content (AvgIpc) is 2.55. The highest BCUT2D eigenvalue weighted by Crippen LogP contribution is 2.31. The van der Waals surface area contributed by atoms with E-state index in [2.05, 4.69) is 15.4 Å². The van der Waals surface area contributed by atoms with Gasteiger partial charge in [-0.25, -0.2) is 9.48 Å². The van der Waals surface area contributed by atoms with Crippen LogP contribution in [0.5, 0.6) is 0 Å². The van der Waals surface area contributed by atoms with Crippen LogP contribution in [0.15, 0.2) is 35.1 Å². The van der Waals surface area contributed by atoms with E-state index in [1.54, 1.807) is 6.92 Å². The number of hydrogen-bond acceptors (Lipinski definition) is 5. The molecule has 0 atom stereocenters. The van der Waals surface area contributed by atoms with Gasteiger partial charge in [0.05, 0.1) is 17.0 Å². The van der Waals surface area contributed by atoms with Gasteiger partial charge in [0.2, 0.25) is 5.91 Å². The van der Waals surface area contributed by atoms with Crippen molar-refractivity contribution in [1.29, 1.82) is 0 Å². The van der Waals surface area contributed by atoms with Crippen molar-refractivity contribution in [3.63, 3.8) is 0 Å². The van der Waals surface area contributed by atoms with Crippen LogP contribution in [-0.4, -0.2) is 37.4 Å². The van der Waals surface area contributed by atoms with Crippen LogP contribution in [0.4, 0.5) is 0 Å². The van der Waals surface area contributed by atoms with Crippen LogP contribution in [0.1, 0.15) is 45.2 Å². The number of benzene rings is 1. The molecular formula is C19H24N4O3. The standard InChI is InChI=1S/C19H24N4O3/c1-12(2)16-17(13-7-5-4-6-8-13)21-18(25)23(22-16)11-15(24)20-14-9-19(3,26)10-14/h4-8,12,14,26H,9-11H2,1-3H3,(H,20,24)/t14-,19+. The second-order valence-corrected chi connectivity index (χ2v) is 7.48. The summed E-state index contributed by atoms with van der Waals surface area (Å²) in [5.41, 5.74) is 0.794. The Bertz CT molecular complexity index is 851. The lowest BCUT2D eigenvalue weighted by Crippen LogP contribution is -2.54.